The smallest absolute Gasteiger partial charge is 0.410 e. The molecular weight excluding hydrogens is 977 g/mol. The summed E-state index contributed by atoms with van der Waals surface area (Å²) in [5.41, 5.74) is 13.4. The number of nitrogens with two attached hydrogens (primary N) is 2. The molecule has 21 heteroatoms. The van der Waals surface area contributed by atoms with Crippen molar-refractivity contribution in [2.75, 3.05) is 37.6 Å². The number of anilines is 2. The lowest BCUT2D eigenvalue weighted by Gasteiger charge is -2.34. The second kappa shape index (κ2) is 23.1. The Labute approximate surface area is 435 Å². The lowest BCUT2D eigenvalue weighted by Crippen LogP contribution is -2.43. The summed E-state index contributed by atoms with van der Waals surface area (Å²) in [4.78, 5) is 63.0. The zero-order chi connectivity index (χ0) is 54.1. The second-order valence-electron chi connectivity index (χ2n) is 18.7. The Morgan fingerprint density at radius 2 is 1.03 bits per heavy atom. The maximum absolute atomic E-state index is 12.8. The van der Waals surface area contributed by atoms with E-state index in [1.165, 1.54) is 6.08 Å². The number of rotatable bonds is 10. The monoisotopic (exact) mass is 1030 g/mol. The molecule has 2 saturated heterocycles. The van der Waals surface area contributed by atoms with Gasteiger partial charge in [-0.1, -0.05) is 59.9 Å². The van der Waals surface area contributed by atoms with E-state index in [2.05, 4.69) is 23.5 Å². The molecule has 76 heavy (non-hydrogen) atoms. The average molecular weight is 1030 g/mol. The Kier molecular flexibility index (Phi) is 16.1. The first-order valence-electron chi connectivity index (χ1n) is 24.3. The average Bonchev–Trinajstić information content (AvgIpc) is 4.04. The van der Waals surface area contributed by atoms with Crippen molar-refractivity contribution in [3.63, 3.8) is 0 Å². The van der Waals surface area contributed by atoms with Gasteiger partial charge in [0.1, 0.15) is 40.0 Å². The van der Waals surface area contributed by atoms with Crippen LogP contribution in [0.4, 0.5) is 16.4 Å². The number of nitrogens with zero attached hydrogens (tertiary/aromatic N) is 8. The van der Waals surface area contributed by atoms with Crippen LogP contribution in [0.15, 0.2) is 153 Å². The van der Waals surface area contributed by atoms with E-state index in [4.69, 9.17) is 50.0 Å². The van der Waals surface area contributed by atoms with Crippen LogP contribution in [0.3, 0.4) is 0 Å². The molecule has 2 fully saturated rings. The molecule has 2 aliphatic heterocycles. The maximum Gasteiger partial charge on any atom is 0.410 e. The van der Waals surface area contributed by atoms with Gasteiger partial charge >= 0.3 is 23.3 Å². The number of amides is 2. The molecule has 10 rings (SSSR count). The fourth-order valence-electron chi connectivity index (χ4n) is 8.78. The number of fused-ring (bicyclic) bond motifs is 2. The van der Waals surface area contributed by atoms with Gasteiger partial charge in [0, 0.05) is 43.4 Å². The zero-order valence-electron chi connectivity index (χ0n) is 42.0. The van der Waals surface area contributed by atoms with Gasteiger partial charge in [-0.05, 0) is 125 Å². The number of nitrogen functional groups attached to an aromatic ring is 2. The van der Waals surface area contributed by atoms with Gasteiger partial charge in [0.25, 0.3) is 0 Å². The number of aliphatic carboxylic acids is 1. The van der Waals surface area contributed by atoms with Crippen molar-refractivity contribution in [3.8, 4) is 45.5 Å². The molecule has 0 aliphatic carbocycles. The summed E-state index contributed by atoms with van der Waals surface area (Å²) in [5.74, 6) is 1.79. The topological polar surface area (TPSA) is 279 Å². The molecule has 392 valence electrons. The molecule has 4 aromatic heterocycles. The van der Waals surface area contributed by atoms with Crippen molar-refractivity contribution in [2.24, 2.45) is 0 Å². The van der Waals surface area contributed by atoms with Crippen LogP contribution in [-0.4, -0.2) is 94.5 Å². The number of carboxylic acid groups (broad SMARTS) is 1. The van der Waals surface area contributed by atoms with Gasteiger partial charge < -0.3 is 49.6 Å². The number of carbonyl (C=O) groups is 3. The lowest BCUT2D eigenvalue weighted by molar-refractivity contribution is -0.131. The van der Waals surface area contributed by atoms with Gasteiger partial charge in [-0.25, -0.2) is 19.2 Å². The molecule has 21 nitrogen and oxygen atoms in total. The SMILES string of the molecule is C=CC(=O)N1CCCC(n2nc(-c3ccc(Oc4ccccc4)cc3)c3c(N)noc(=O)c32)C1.C=CC(=O)O.CC(C)(C)OC(=O)N1CCCC(n2nc(-c3ccc(Oc4ccccc4)cc3)c3c(N)noc(=O)c32)C1. The van der Waals surface area contributed by atoms with Gasteiger partial charge in [0.2, 0.25) is 5.91 Å². The molecule has 2 atom stereocenters. The molecule has 2 unspecified atom stereocenters. The summed E-state index contributed by atoms with van der Waals surface area (Å²) >= 11 is 0. The Bertz CT molecular complexity index is 3490. The third-order valence-electron chi connectivity index (χ3n) is 12.2. The third-order valence-corrected chi connectivity index (χ3v) is 12.2. The summed E-state index contributed by atoms with van der Waals surface area (Å²) in [7, 11) is 0. The van der Waals surface area contributed by atoms with Crippen molar-refractivity contribution in [3.05, 3.63) is 155 Å². The zero-order valence-corrected chi connectivity index (χ0v) is 42.0. The van der Waals surface area contributed by atoms with E-state index in [1.807, 2.05) is 130 Å². The molecule has 0 spiro atoms. The van der Waals surface area contributed by atoms with Crippen molar-refractivity contribution >= 4 is 51.4 Å². The number of hydrogen-bond acceptors (Lipinski definition) is 16. The number of para-hydroxylation sites is 2. The van der Waals surface area contributed by atoms with Crippen LogP contribution in [0.2, 0.25) is 0 Å². The maximum atomic E-state index is 12.8. The highest BCUT2D eigenvalue weighted by molar-refractivity contribution is 6.00. The molecule has 2 aliphatic rings. The normalized spacial score (nSPS) is 15.4. The molecule has 8 aromatic rings. The molecule has 0 bridgehead atoms. The lowest BCUT2D eigenvalue weighted by atomic mass is 10.1. The molecule has 6 heterocycles. The number of likely N-dealkylation sites (tertiary alicyclic amines) is 2. The van der Waals surface area contributed by atoms with Crippen molar-refractivity contribution in [2.45, 2.75) is 64.1 Å². The van der Waals surface area contributed by atoms with Gasteiger partial charge in [-0.2, -0.15) is 10.2 Å². The van der Waals surface area contributed by atoms with Crippen molar-refractivity contribution < 1.29 is 42.7 Å². The number of piperidine rings is 2. The number of benzene rings is 4. The minimum atomic E-state index is -0.981. The van der Waals surface area contributed by atoms with Gasteiger partial charge in [0.05, 0.1) is 22.9 Å². The quantitative estimate of drug-likeness (QED) is 0.108. The largest absolute Gasteiger partial charge is 0.478 e. The summed E-state index contributed by atoms with van der Waals surface area (Å²) in [6.07, 6.45) is 4.72. The van der Waals surface area contributed by atoms with Crippen LogP contribution < -0.4 is 32.2 Å². The number of aromatic nitrogens is 6. The molecule has 4 aromatic carbocycles. The first kappa shape index (κ1) is 52.8. The van der Waals surface area contributed by atoms with E-state index in [0.29, 0.717) is 59.8 Å². The number of carboxylic acids is 1. The van der Waals surface area contributed by atoms with Gasteiger partial charge in [0.15, 0.2) is 22.7 Å². The first-order chi connectivity index (χ1) is 36.5. The number of ether oxygens (including phenoxy) is 3. The van der Waals surface area contributed by atoms with Crippen LogP contribution in [0, 0.1) is 0 Å². The molecule has 2 amide bonds. The molecular formula is C55H56N10O11. The van der Waals surface area contributed by atoms with Crippen LogP contribution in [0.25, 0.3) is 44.3 Å². The summed E-state index contributed by atoms with van der Waals surface area (Å²) in [6.45, 7) is 14.0. The Morgan fingerprint density at radius 3 is 1.42 bits per heavy atom. The Hall–Kier alpha value is -9.53. The van der Waals surface area contributed by atoms with Crippen LogP contribution >= 0.6 is 0 Å². The highest BCUT2D eigenvalue weighted by Gasteiger charge is 2.33. The number of hydrogen-bond donors (Lipinski definition) is 3. The summed E-state index contributed by atoms with van der Waals surface area (Å²) in [6, 6.07) is 33.2. The fourth-order valence-corrected chi connectivity index (χ4v) is 8.78. The van der Waals surface area contributed by atoms with E-state index in [-0.39, 0.29) is 40.7 Å². The Balaban J connectivity index is 0.000000186. The standard InChI is InChI=1S/C27H29N5O5.C25H23N5O4.C3H4O2/c1-27(2,3)36-26(34)31-15-7-8-18(16-31)32-23-21(24(28)30-37-25(23)33)22(29-32)17-11-13-20(14-12-17)35-19-9-5-4-6-10-19;1-2-20(31)29-14-6-7-17(15-29)30-23-21(24(26)28-34-25(23)32)22(27-30)16-10-12-19(13-11-16)33-18-8-4-3-5-9-18;1-2-3(4)5/h4-6,9-14,18H,7-8,15-16H2,1-3H3,(H2,28,30);2-5,8-13,17H,1,6-7,14-15H2,(H2,26,28);2H,1H2,(H,4,5). The van der Waals surface area contributed by atoms with E-state index < -0.39 is 28.9 Å². The van der Waals surface area contributed by atoms with E-state index in [9.17, 15) is 24.0 Å². The third kappa shape index (κ3) is 12.3. The predicted octanol–water partition coefficient (Wildman–Crippen LogP) is 9.03. The number of carbonyl (C=O) groups excluding carboxylic acids is 2. The van der Waals surface area contributed by atoms with Crippen molar-refractivity contribution in [1.82, 2.24) is 39.7 Å². The molecule has 5 N–H and O–H groups in total. The van der Waals surface area contributed by atoms with E-state index in [0.717, 1.165) is 54.4 Å². The van der Waals surface area contributed by atoms with Crippen LogP contribution in [0.1, 0.15) is 58.5 Å². The molecule has 0 radical (unpaired) electrons. The minimum absolute atomic E-state index is 0.0697. The van der Waals surface area contributed by atoms with Crippen LogP contribution in [-0.2, 0) is 14.3 Å². The molecule has 0 saturated carbocycles. The van der Waals surface area contributed by atoms with Gasteiger partial charge in [-0.15, -0.1) is 0 Å². The van der Waals surface area contributed by atoms with E-state index in [1.54, 1.807) is 19.2 Å². The Morgan fingerprint density at radius 1 is 0.632 bits per heavy atom. The van der Waals surface area contributed by atoms with Gasteiger partial charge in [-0.3, -0.25) is 14.2 Å². The first-order valence-corrected chi connectivity index (χ1v) is 24.3. The van der Waals surface area contributed by atoms with E-state index >= 15 is 0 Å². The summed E-state index contributed by atoms with van der Waals surface area (Å²) in [5, 5.41) is 25.5. The fraction of sp³-hybridized carbons (Fsp3) is 0.255. The predicted molar refractivity (Wildman–Crippen MR) is 284 cm³/mol. The second-order valence-corrected chi connectivity index (χ2v) is 18.7. The minimum Gasteiger partial charge on any atom is -0.478 e. The van der Waals surface area contributed by atoms with Crippen LogP contribution in [0.5, 0.6) is 23.0 Å². The highest BCUT2D eigenvalue weighted by atomic mass is 16.6. The highest BCUT2D eigenvalue weighted by Crippen LogP contribution is 2.37. The summed E-state index contributed by atoms with van der Waals surface area (Å²) < 4.78 is 30.5. The van der Waals surface area contributed by atoms with Crippen molar-refractivity contribution in [1.29, 1.82) is 0 Å².